The fourth-order valence-electron chi connectivity index (χ4n) is 3.05. The summed E-state index contributed by atoms with van der Waals surface area (Å²) in [7, 11) is 0. The molecule has 2 heterocycles. The molecule has 1 aromatic rings. The average molecular weight is 308 g/mol. The number of aliphatic hydroxyl groups excluding tert-OH is 2. The van der Waals surface area contributed by atoms with Gasteiger partial charge in [-0.1, -0.05) is 18.2 Å². The zero-order valence-electron chi connectivity index (χ0n) is 12.7. The van der Waals surface area contributed by atoms with Crippen LogP contribution in [0.15, 0.2) is 18.2 Å². The number of ether oxygens (including phenoxy) is 3. The maximum Gasteiger partial charge on any atom is 0.158 e. The molecule has 0 amide bonds. The minimum Gasteiger partial charge on any atom is -0.392 e. The molecule has 3 rings (SSSR count). The lowest BCUT2D eigenvalue weighted by Crippen LogP contribution is -2.22. The SMILES string of the molecule is OCc1ccc(COC2CCCCO2)cc1C1OCCC1O. The normalized spacial score (nSPS) is 28.9. The predicted octanol–water partition coefficient (Wildman–Crippen LogP) is 2.04. The van der Waals surface area contributed by atoms with Crippen molar-refractivity contribution >= 4 is 0 Å². The van der Waals surface area contributed by atoms with E-state index in [0.29, 0.717) is 19.6 Å². The van der Waals surface area contributed by atoms with Crippen molar-refractivity contribution in [2.75, 3.05) is 13.2 Å². The van der Waals surface area contributed by atoms with Gasteiger partial charge in [0, 0.05) is 6.61 Å². The van der Waals surface area contributed by atoms with Gasteiger partial charge in [-0.2, -0.15) is 0 Å². The van der Waals surface area contributed by atoms with Gasteiger partial charge in [-0.15, -0.1) is 0 Å². The van der Waals surface area contributed by atoms with Crippen LogP contribution < -0.4 is 0 Å². The molecule has 5 nitrogen and oxygen atoms in total. The Labute approximate surface area is 130 Å². The lowest BCUT2D eigenvalue weighted by atomic mass is 9.97. The molecule has 122 valence electrons. The molecule has 0 radical (unpaired) electrons. The molecule has 0 spiro atoms. The second kappa shape index (κ2) is 7.53. The van der Waals surface area contributed by atoms with Crippen LogP contribution in [-0.4, -0.2) is 35.8 Å². The third-order valence-corrected chi connectivity index (χ3v) is 4.32. The molecule has 0 aromatic heterocycles. The third-order valence-electron chi connectivity index (χ3n) is 4.32. The van der Waals surface area contributed by atoms with Gasteiger partial charge in [-0.05, 0) is 42.4 Å². The molecule has 0 saturated carbocycles. The van der Waals surface area contributed by atoms with Crippen LogP contribution in [0.5, 0.6) is 0 Å². The van der Waals surface area contributed by atoms with Crippen LogP contribution in [0.1, 0.15) is 48.5 Å². The monoisotopic (exact) mass is 308 g/mol. The van der Waals surface area contributed by atoms with Gasteiger partial charge in [0.2, 0.25) is 0 Å². The summed E-state index contributed by atoms with van der Waals surface area (Å²) >= 11 is 0. The maximum absolute atomic E-state index is 10.0. The minimum atomic E-state index is -0.511. The Morgan fingerprint density at radius 1 is 1.14 bits per heavy atom. The topological polar surface area (TPSA) is 68.2 Å². The Morgan fingerprint density at radius 3 is 2.73 bits per heavy atom. The van der Waals surface area contributed by atoms with Crippen molar-refractivity contribution in [2.24, 2.45) is 0 Å². The number of hydrogen-bond donors (Lipinski definition) is 2. The molecule has 0 bridgehead atoms. The van der Waals surface area contributed by atoms with E-state index >= 15 is 0 Å². The summed E-state index contributed by atoms with van der Waals surface area (Å²) in [6, 6.07) is 5.79. The molecule has 1 aromatic carbocycles. The number of benzene rings is 1. The van der Waals surface area contributed by atoms with Crippen molar-refractivity contribution in [2.45, 2.75) is 57.4 Å². The summed E-state index contributed by atoms with van der Waals surface area (Å²) in [5.41, 5.74) is 2.66. The third kappa shape index (κ3) is 3.67. The fraction of sp³-hybridized carbons (Fsp3) is 0.647. The zero-order chi connectivity index (χ0) is 15.4. The second-order valence-corrected chi connectivity index (χ2v) is 5.95. The quantitative estimate of drug-likeness (QED) is 0.871. The van der Waals surface area contributed by atoms with E-state index in [4.69, 9.17) is 14.2 Å². The van der Waals surface area contributed by atoms with Crippen LogP contribution in [0.2, 0.25) is 0 Å². The first-order chi connectivity index (χ1) is 10.8. The standard InChI is InChI=1S/C17H24O5/c18-10-13-5-4-12(11-22-16-3-1-2-7-20-16)9-14(13)17-15(19)6-8-21-17/h4-5,9,15-19H,1-3,6-8,10-11H2. The van der Waals surface area contributed by atoms with Gasteiger partial charge in [-0.3, -0.25) is 0 Å². The Morgan fingerprint density at radius 2 is 2.05 bits per heavy atom. The molecule has 3 atom stereocenters. The lowest BCUT2D eigenvalue weighted by Gasteiger charge is -2.23. The summed E-state index contributed by atoms with van der Waals surface area (Å²) < 4.78 is 17.0. The van der Waals surface area contributed by atoms with E-state index in [9.17, 15) is 10.2 Å². The van der Waals surface area contributed by atoms with Gasteiger partial charge in [0.25, 0.3) is 0 Å². The van der Waals surface area contributed by atoms with E-state index in [1.807, 2.05) is 18.2 Å². The van der Waals surface area contributed by atoms with E-state index < -0.39 is 6.10 Å². The molecule has 2 fully saturated rings. The van der Waals surface area contributed by atoms with Gasteiger partial charge in [0.15, 0.2) is 6.29 Å². The highest BCUT2D eigenvalue weighted by molar-refractivity contribution is 5.34. The van der Waals surface area contributed by atoms with E-state index in [-0.39, 0.29) is 19.0 Å². The van der Waals surface area contributed by atoms with Crippen LogP contribution in [0.25, 0.3) is 0 Å². The summed E-state index contributed by atoms with van der Waals surface area (Å²) in [5, 5.41) is 19.5. The molecular formula is C17H24O5. The Balaban J connectivity index is 1.69. The van der Waals surface area contributed by atoms with Crippen molar-refractivity contribution in [3.8, 4) is 0 Å². The lowest BCUT2D eigenvalue weighted by molar-refractivity contribution is -0.168. The summed E-state index contributed by atoms with van der Waals surface area (Å²) in [5.74, 6) is 0. The van der Waals surface area contributed by atoms with Gasteiger partial charge in [0.1, 0.15) is 6.10 Å². The number of rotatable bonds is 5. The molecular weight excluding hydrogens is 284 g/mol. The zero-order valence-corrected chi connectivity index (χ0v) is 12.7. The molecule has 2 aliphatic heterocycles. The van der Waals surface area contributed by atoms with Crippen LogP contribution >= 0.6 is 0 Å². The highest BCUT2D eigenvalue weighted by Gasteiger charge is 2.29. The van der Waals surface area contributed by atoms with E-state index in [2.05, 4.69) is 0 Å². The van der Waals surface area contributed by atoms with Crippen molar-refractivity contribution < 1.29 is 24.4 Å². The van der Waals surface area contributed by atoms with Crippen LogP contribution in [0.4, 0.5) is 0 Å². The summed E-state index contributed by atoms with van der Waals surface area (Å²) in [6.07, 6.45) is 2.82. The van der Waals surface area contributed by atoms with Gasteiger partial charge in [-0.25, -0.2) is 0 Å². The first-order valence-corrected chi connectivity index (χ1v) is 8.03. The highest BCUT2D eigenvalue weighted by Crippen LogP contribution is 2.32. The van der Waals surface area contributed by atoms with Crippen molar-refractivity contribution in [1.82, 2.24) is 0 Å². The highest BCUT2D eigenvalue weighted by atomic mass is 16.7. The first-order valence-electron chi connectivity index (χ1n) is 8.03. The minimum absolute atomic E-state index is 0.0607. The van der Waals surface area contributed by atoms with Gasteiger partial charge in [0.05, 0.1) is 25.9 Å². The smallest absolute Gasteiger partial charge is 0.158 e. The average Bonchev–Trinajstić information content (AvgIpc) is 2.99. The van der Waals surface area contributed by atoms with E-state index in [1.165, 1.54) is 0 Å². The predicted molar refractivity (Wildman–Crippen MR) is 80.1 cm³/mol. The molecule has 2 saturated heterocycles. The van der Waals surface area contributed by atoms with Crippen molar-refractivity contribution in [3.63, 3.8) is 0 Å². The molecule has 2 aliphatic rings. The Hall–Kier alpha value is -0.980. The Kier molecular flexibility index (Phi) is 5.44. The van der Waals surface area contributed by atoms with Crippen molar-refractivity contribution in [1.29, 1.82) is 0 Å². The van der Waals surface area contributed by atoms with Crippen molar-refractivity contribution in [3.05, 3.63) is 34.9 Å². The van der Waals surface area contributed by atoms with E-state index in [1.54, 1.807) is 0 Å². The van der Waals surface area contributed by atoms with E-state index in [0.717, 1.165) is 42.6 Å². The maximum atomic E-state index is 10.0. The summed E-state index contributed by atoms with van der Waals surface area (Å²) in [6.45, 7) is 1.72. The van der Waals surface area contributed by atoms with Crippen LogP contribution in [0.3, 0.4) is 0 Å². The second-order valence-electron chi connectivity index (χ2n) is 5.95. The molecule has 3 unspecified atom stereocenters. The fourth-order valence-corrected chi connectivity index (χ4v) is 3.05. The first kappa shape index (κ1) is 15.9. The summed E-state index contributed by atoms with van der Waals surface area (Å²) in [4.78, 5) is 0. The van der Waals surface area contributed by atoms with Gasteiger partial charge < -0.3 is 24.4 Å². The van der Waals surface area contributed by atoms with Crippen LogP contribution in [-0.2, 0) is 27.4 Å². The molecule has 5 heteroatoms. The molecule has 22 heavy (non-hydrogen) atoms. The largest absolute Gasteiger partial charge is 0.392 e. The number of hydrogen-bond acceptors (Lipinski definition) is 5. The molecule has 2 N–H and O–H groups in total. The number of aliphatic hydroxyl groups is 2. The van der Waals surface area contributed by atoms with Gasteiger partial charge >= 0.3 is 0 Å². The van der Waals surface area contributed by atoms with Crippen LogP contribution in [0, 0.1) is 0 Å². The Bertz CT molecular complexity index is 484. The molecule has 0 aliphatic carbocycles.